The van der Waals surface area contributed by atoms with Crippen LogP contribution in [0.4, 0.5) is 0 Å². The maximum Gasteiger partial charge on any atom is 0.216 e. The second kappa shape index (κ2) is 6.48. The Labute approximate surface area is 86.9 Å². The van der Waals surface area contributed by atoms with Crippen LogP contribution in [0.5, 0.6) is 0 Å². The molecule has 0 spiro atoms. The quantitative estimate of drug-likeness (QED) is 0.548. The van der Waals surface area contributed by atoms with Gasteiger partial charge in [-0.1, -0.05) is 19.6 Å². The molecule has 0 aromatic rings. The Bertz CT molecular complexity index is 156. The molecule has 2 nitrogen and oxygen atoms in total. The summed E-state index contributed by atoms with van der Waals surface area (Å²) < 4.78 is 0. The van der Waals surface area contributed by atoms with Crippen molar-refractivity contribution in [2.45, 2.75) is 32.6 Å². The lowest BCUT2D eigenvalue weighted by Crippen LogP contribution is -2.23. The second-order valence-corrected chi connectivity index (χ2v) is 11.3. The van der Waals surface area contributed by atoms with E-state index >= 15 is 0 Å². The molecule has 0 unspecified atom stereocenters. The van der Waals surface area contributed by atoms with Gasteiger partial charge in [-0.2, -0.15) is 11.8 Å². The fourth-order valence-electron chi connectivity index (χ4n) is 0.780. The predicted molar refractivity (Wildman–Crippen MR) is 64.2 cm³/mol. The van der Waals surface area contributed by atoms with Crippen LogP contribution in [0.25, 0.3) is 0 Å². The minimum atomic E-state index is -0.847. The fraction of sp³-hybridized carbons (Fsp3) is 0.889. The van der Waals surface area contributed by atoms with E-state index in [1.54, 1.807) is 6.92 Å². The molecule has 1 amide bonds. The molecule has 4 heteroatoms. The number of hydrogen-bond donors (Lipinski definition) is 1. The van der Waals surface area contributed by atoms with Gasteiger partial charge in [0, 0.05) is 27.3 Å². The van der Waals surface area contributed by atoms with Crippen LogP contribution in [0.1, 0.15) is 6.92 Å². The Morgan fingerprint density at radius 1 is 1.31 bits per heavy atom. The zero-order valence-electron chi connectivity index (χ0n) is 9.14. The molecule has 0 radical (unpaired) electrons. The average molecular weight is 219 g/mol. The summed E-state index contributed by atoms with van der Waals surface area (Å²) in [7, 11) is -0.847. The van der Waals surface area contributed by atoms with Crippen molar-refractivity contribution in [3.05, 3.63) is 0 Å². The Balaban J connectivity index is 3.13. The summed E-state index contributed by atoms with van der Waals surface area (Å²) >= 11 is 1.94. The van der Waals surface area contributed by atoms with Crippen LogP contribution in [0.2, 0.25) is 25.7 Å². The summed E-state index contributed by atoms with van der Waals surface area (Å²) in [6.45, 7) is 9.54. The molecule has 0 heterocycles. The van der Waals surface area contributed by atoms with E-state index in [1.807, 2.05) is 11.8 Å². The first-order valence-electron chi connectivity index (χ1n) is 4.74. The van der Waals surface area contributed by atoms with Crippen LogP contribution in [-0.2, 0) is 4.79 Å². The highest BCUT2D eigenvalue weighted by molar-refractivity contribution is 7.99. The summed E-state index contributed by atoms with van der Waals surface area (Å²) in [4.78, 5) is 10.5. The minimum absolute atomic E-state index is 0.0748. The lowest BCUT2D eigenvalue weighted by molar-refractivity contribution is -0.118. The first-order valence-corrected chi connectivity index (χ1v) is 9.60. The van der Waals surface area contributed by atoms with Gasteiger partial charge in [0.15, 0.2) is 0 Å². The third-order valence-corrected chi connectivity index (χ3v) is 4.71. The van der Waals surface area contributed by atoms with E-state index in [0.717, 1.165) is 12.3 Å². The van der Waals surface area contributed by atoms with E-state index < -0.39 is 8.07 Å². The van der Waals surface area contributed by atoms with Crippen LogP contribution < -0.4 is 5.32 Å². The molecule has 0 saturated heterocycles. The molecule has 0 aliphatic heterocycles. The van der Waals surface area contributed by atoms with Crippen LogP contribution in [0.3, 0.4) is 0 Å². The molecule has 0 bridgehead atoms. The number of hydrogen-bond acceptors (Lipinski definition) is 2. The van der Waals surface area contributed by atoms with Gasteiger partial charge in [0.1, 0.15) is 0 Å². The van der Waals surface area contributed by atoms with Gasteiger partial charge in [0.25, 0.3) is 0 Å². The number of carbonyl (C=O) groups excluding carboxylic acids is 1. The van der Waals surface area contributed by atoms with E-state index in [1.165, 1.54) is 11.8 Å². The first kappa shape index (κ1) is 13.0. The van der Waals surface area contributed by atoms with Crippen LogP contribution >= 0.6 is 11.8 Å². The van der Waals surface area contributed by atoms with Gasteiger partial charge in [0.05, 0.1) is 0 Å². The SMILES string of the molecule is CC(=O)NCCSCC[Si](C)(C)C. The molecule has 0 aromatic heterocycles. The molecule has 0 aliphatic carbocycles. The smallest absolute Gasteiger partial charge is 0.216 e. The van der Waals surface area contributed by atoms with Crippen molar-refractivity contribution in [1.29, 1.82) is 0 Å². The van der Waals surface area contributed by atoms with E-state index in [0.29, 0.717) is 0 Å². The number of rotatable bonds is 6. The van der Waals surface area contributed by atoms with Gasteiger partial charge in [-0.25, -0.2) is 0 Å². The lowest BCUT2D eigenvalue weighted by Gasteiger charge is -2.14. The lowest BCUT2D eigenvalue weighted by atomic mass is 10.6. The third-order valence-electron chi connectivity index (χ3n) is 1.62. The predicted octanol–water partition coefficient (Wildman–Crippen LogP) is 2.19. The van der Waals surface area contributed by atoms with Crippen molar-refractivity contribution in [2.24, 2.45) is 0 Å². The van der Waals surface area contributed by atoms with Gasteiger partial charge in [0.2, 0.25) is 5.91 Å². The van der Waals surface area contributed by atoms with E-state index in [9.17, 15) is 4.79 Å². The van der Waals surface area contributed by atoms with Crippen LogP contribution in [0, 0.1) is 0 Å². The highest BCUT2D eigenvalue weighted by Crippen LogP contribution is 2.12. The van der Waals surface area contributed by atoms with Crippen molar-refractivity contribution < 1.29 is 4.79 Å². The molecule has 0 saturated carbocycles. The average Bonchev–Trinajstić information content (AvgIpc) is 1.93. The van der Waals surface area contributed by atoms with Crippen molar-refractivity contribution in [1.82, 2.24) is 5.32 Å². The van der Waals surface area contributed by atoms with E-state index in [4.69, 9.17) is 0 Å². The van der Waals surface area contributed by atoms with Gasteiger partial charge in [-0.3, -0.25) is 4.79 Å². The molecule has 0 aromatic carbocycles. The molecular formula is C9H21NOSSi. The Morgan fingerprint density at radius 2 is 1.92 bits per heavy atom. The van der Waals surface area contributed by atoms with E-state index in [2.05, 4.69) is 25.0 Å². The fourth-order valence-corrected chi connectivity index (χ4v) is 4.26. The highest BCUT2D eigenvalue weighted by atomic mass is 32.2. The molecule has 0 aliphatic rings. The maximum absolute atomic E-state index is 10.5. The summed E-state index contributed by atoms with van der Waals surface area (Å²) in [6, 6.07) is 1.37. The summed E-state index contributed by atoms with van der Waals surface area (Å²) in [6.07, 6.45) is 0. The second-order valence-electron chi connectivity index (χ2n) is 4.41. The normalized spacial score (nSPS) is 11.4. The molecule has 78 valence electrons. The van der Waals surface area contributed by atoms with Crippen LogP contribution in [-0.4, -0.2) is 32.0 Å². The molecule has 0 fully saturated rings. The van der Waals surface area contributed by atoms with E-state index in [-0.39, 0.29) is 5.91 Å². The Kier molecular flexibility index (Phi) is 6.50. The molecule has 1 N–H and O–H groups in total. The van der Waals surface area contributed by atoms with Crippen molar-refractivity contribution in [2.75, 3.05) is 18.1 Å². The summed E-state index contributed by atoms with van der Waals surface area (Å²) in [5.41, 5.74) is 0. The number of nitrogens with one attached hydrogen (secondary N) is 1. The minimum Gasteiger partial charge on any atom is -0.356 e. The Morgan fingerprint density at radius 3 is 2.38 bits per heavy atom. The van der Waals surface area contributed by atoms with Gasteiger partial charge in [-0.05, 0) is 11.8 Å². The molecular weight excluding hydrogens is 198 g/mol. The van der Waals surface area contributed by atoms with Crippen molar-refractivity contribution in [3.8, 4) is 0 Å². The largest absolute Gasteiger partial charge is 0.356 e. The highest BCUT2D eigenvalue weighted by Gasteiger charge is 2.11. The monoisotopic (exact) mass is 219 g/mol. The third kappa shape index (κ3) is 12.0. The molecule has 0 atom stereocenters. The van der Waals surface area contributed by atoms with Crippen molar-refractivity contribution >= 4 is 25.7 Å². The van der Waals surface area contributed by atoms with Gasteiger partial charge >= 0.3 is 0 Å². The Hall–Kier alpha value is 0.0369. The van der Waals surface area contributed by atoms with Crippen LogP contribution in [0.15, 0.2) is 0 Å². The van der Waals surface area contributed by atoms with Crippen molar-refractivity contribution in [3.63, 3.8) is 0 Å². The zero-order valence-corrected chi connectivity index (χ0v) is 11.0. The summed E-state index contributed by atoms with van der Waals surface area (Å²) in [5.74, 6) is 2.37. The molecule has 0 rings (SSSR count). The number of amides is 1. The summed E-state index contributed by atoms with van der Waals surface area (Å²) in [5, 5.41) is 2.79. The first-order chi connectivity index (χ1) is 5.92. The molecule has 13 heavy (non-hydrogen) atoms. The standard InChI is InChI=1S/C9H21NOSSi/c1-9(11)10-5-6-12-7-8-13(2,3)4/h5-8H2,1-4H3,(H,10,11). The van der Waals surface area contributed by atoms with Gasteiger partial charge < -0.3 is 5.32 Å². The number of carbonyl (C=O) groups is 1. The zero-order chi connectivity index (χ0) is 10.3. The number of thioether (sulfide) groups is 1. The maximum atomic E-state index is 10.5. The topological polar surface area (TPSA) is 29.1 Å². The van der Waals surface area contributed by atoms with Gasteiger partial charge in [-0.15, -0.1) is 0 Å².